The van der Waals surface area contributed by atoms with Gasteiger partial charge in [-0.15, -0.1) is 0 Å². The van der Waals surface area contributed by atoms with Crippen LogP contribution in [0.1, 0.15) is 25.7 Å². The van der Waals surface area contributed by atoms with Crippen molar-refractivity contribution in [1.29, 1.82) is 5.26 Å². The van der Waals surface area contributed by atoms with Crippen LogP contribution in [0.5, 0.6) is 5.75 Å². The monoisotopic (exact) mass is 258 g/mol. The molecule has 1 fully saturated rings. The van der Waals surface area contributed by atoms with E-state index in [1.807, 2.05) is 6.07 Å². The highest BCUT2D eigenvalue weighted by atomic mass is 16.5. The van der Waals surface area contributed by atoms with Crippen molar-refractivity contribution < 1.29 is 14.3 Å². The minimum atomic E-state index is -0.212. The lowest BCUT2D eigenvalue weighted by Crippen LogP contribution is -2.35. The van der Waals surface area contributed by atoms with E-state index in [2.05, 4.69) is 0 Å². The summed E-state index contributed by atoms with van der Waals surface area (Å²) < 4.78 is 5.27. The van der Waals surface area contributed by atoms with E-state index in [0.29, 0.717) is 24.3 Å². The third kappa shape index (κ3) is 2.91. The van der Waals surface area contributed by atoms with Gasteiger partial charge in [-0.2, -0.15) is 5.26 Å². The van der Waals surface area contributed by atoms with E-state index in [1.165, 1.54) is 4.90 Å². The van der Waals surface area contributed by atoms with Crippen LogP contribution in [-0.2, 0) is 9.59 Å². The predicted octanol–water partition coefficient (Wildman–Crippen LogP) is 2.02. The number of imide groups is 1. The Hall–Kier alpha value is -2.35. The van der Waals surface area contributed by atoms with Crippen molar-refractivity contribution in [3.05, 3.63) is 24.3 Å². The minimum absolute atomic E-state index is 0.118. The van der Waals surface area contributed by atoms with Crippen LogP contribution in [0.2, 0.25) is 0 Å². The Morgan fingerprint density at radius 2 is 1.79 bits per heavy atom. The van der Waals surface area contributed by atoms with Gasteiger partial charge in [-0.05, 0) is 25.0 Å². The molecule has 1 aromatic carbocycles. The molecule has 2 amide bonds. The number of amides is 2. The van der Waals surface area contributed by atoms with Gasteiger partial charge in [0.1, 0.15) is 11.8 Å². The zero-order chi connectivity index (χ0) is 13.7. The second-order valence-electron chi connectivity index (χ2n) is 4.24. The number of hydrogen-bond donors (Lipinski definition) is 0. The van der Waals surface area contributed by atoms with E-state index in [0.717, 1.165) is 12.8 Å². The smallest absolute Gasteiger partial charge is 0.233 e. The van der Waals surface area contributed by atoms with Crippen LogP contribution in [0.4, 0.5) is 5.69 Å². The van der Waals surface area contributed by atoms with Gasteiger partial charge in [0.05, 0.1) is 5.69 Å². The van der Waals surface area contributed by atoms with Gasteiger partial charge in [0, 0.05) is 12.8 Å². The van der Waals surface area contributed by atoms with Crippen molar-refractivity contribution in [2.45, 2.75) is 25.7 Å². The first kappa shape index (κ1) is 13.1. The molecule has 0 unspecified atom stereocenters. The first-order valence-corrected chi connectivity index (χ1v) is 6.18. The topological polar surface area (TPSA) is 70.4 Å². The fourth-order valence-corrected chi connectivity index (χ4v) is 2.06. The van der Waals surface area contributed by atoms with E-state index in [-0.39, 0.29) is 18.4 Å². The van der Waals surface area contributed by atoms with E-state index in [9.17, 15) is 9.59 Å². The molecule has 19 heavy (non-hydrogen) atoms. The van der Waals surface area contributed by atoms with Gasteiger partial charge in [0.25, 0.3) is 0 Å². The number of ether oxygens (including phenoxy) is 1. The fourth-order valence-electron chi connectivity index (χ4n) is 2.06. The molecular formula is C14H14N2O3. The quantitative estimate of drug-likeness (QED) is 0.778. The zero-order valence-electron chi connectivity index (χ0n) is 10.5. The molecule has 1 saturated heterocycles. The van der Waals surface area contributed by atoms with Gasteiger partial charge in [-0.3, -0.25) is 9.59 Å². The maximum Gasteiger partial charge on any atom is 0.233 e. The summed E-state index contributed by atoms with van der Waals surface area (Å²) in [6, 6.07) is 8.66. The Labute approximate surface area is 111 Å². The van der Waals surface area contributed by atoms with Crippen LogP contribution >= 0.6 is 0 Å². The van der Waals surface area contributed by atoms with Crippen LogP contribution in [0.15, 0.2) is 24.3 Å². The van der Waals surface area contributed by atoms with Crippen molar-refractivity contribution >= 4 is 17.5 Å². The Morgan fingerprint density at radius 1 is 1.16 bits per heavy atom. The molecule has 2 rings (SSSR count). The van der Waals surface area contributed by atoms with Crippen molar-refractivity contribution in [3.63, 3.8) is 0 Å². The fraction of sp³-hybridized carbons (Fsp3) is 0.357. The lowest BCUT2D eigenvalue weighted by atomic mass is 10.2. The van der Waals surface area contributed by atoms with Crippen LogP contribution in [0.3, 0.4) is 0 Å². The first-order valence-electron chi connectivity index (χ1n) is 6.18. The molecule has 0 aromatic heterocycles. The van der Waals surface area contributed by atoms with Crippen molar-refractivity contribution in [2.75, 3.05) is 11.5 Å². The molecule has 0 spiro atoms. The van der Waals surface area contributed by atoms with Crippen molar-refractivity contribution in [2.24, 2.45) is 0 Å². The number of nitriles is 1. The molecule has 1 heterocycles. The Bertz CT molecular complexity index is 516. The molecule has 98 valence electrons. The third-order valence-electron chi connectivity index (χ3n) is 2.93. The molecule has 0 N–H and O–H groups in total. The summed E-state index contributed by atoms with van der Waals surface area (Å²) in [5.41, 5.74) is 0.426. The number of carbonyl (C=O) groups is 2. The highest BCUT2D eigenvalue weighted by molar-refractivity contribution is 6.16. The molecule has 0 atom stereocenters. The summed E-state index contributed by atoms with van der Waals surface area (Å²) in [4.78, 5) is 25.3. The molecule has 5 nitrogen and oxygen atoms in total. The molecule has 0 radical (unpaired) electrons. The molecule has 1 aromatic rings. The molecule has 0 saturated carbocycles. The number of nitrogens with zero attached hydrogens (tertiary/aromatic N) is 2. The molecule has 1 aliphatic rings. The van der Waals surface area contributed by atoms with Gasteiger partial charge in [0.15, 0.2) is 6.61 Å². The summed E-state index contributed by atoms with van der Waals surface area (Å²) in [5.74, 6) is -0.0429. The Morgan fingerprint density at radius 3 is 2.42 bits per heavy atom. The minimum Gasteiger partial charge on any atom is -0.477 e. The van der Waals surface area contributed by atoms with Crippen molar-refractivity contribution in [1.82, 2.24) is 0 Å². The highest BCUT2D eigenvalue weighted by Crippen LogP contribution is 2.30. The average Bonchev–Trinajstić information content (AvgIpc) is 2.58. The van der Waals surface area contributed by atoms with Gasteiger partial charge >= 0.3 is 0 Å². The lowest BCUT2D eigenvalue weighted by molar-refractivity contribution is -0.125. The number of carbonyl (C=O) groups excluding carboxylic acids is 2. The first-order chi connectivity index (χ1) is 9.24. The molecular weight excluding hydrogens is 244 g/mol. The summed E-state index contributed by atoms with van der Waals surface area (Å²) >= 11 is 0. The van der Waals surface area contributed by atoms with E-state index < -0.39 is 0 Å². The number of anilines is 1. The van der Waals surface area contributed by atoms with Gasteiger partial charge in [0.2, 0.25) is 11.8 Å². The van der Waals surface area contributed by atoms with Crippen LogP contribution in [-0.4, -0.2) is 18.4 Å². The van der Waals surface area contributed by atoms with Gasteiger partial charge < -0.3 is 4.74 Å². The molecule has 0 bridgehead atoms. The summed E-state index contributed by atoms with van der Waals surface area (Å²) in [6.07, 6.45) is 2.17. The summed E-state index contributed by atoms with van der Waals surface area (Å²) in [5, 5.41) is 8.56. The second-order valence-corrected chi connectivity index (χ2v) is 4.24. The van der Waals surface area contributed by atoms with Crippen LogP contribution in [0.25, 0.3) is 0 Å². The second kappa shape index (κ2) is 6.01. The molecule has 1 aliphatic heterocycles. The van der Waals surface area contributed by atoms with Crippen LogP contribution in [0, 0.1) is 11.3 Å². The summed E-state index contributed by atoms with van der Waals surface area (Å²) in [6.45, 7) is -0.118. The third-order valence-corrected chi connectivity index (χ3v) is 2.93. The number of para-hydroxylation sites is 2. The van der Waals surface area contributed by atoms with E-state index in [4.69, 9.17) is 10.00 Å². The van der Waals surface area contributed by atoms with Crippen LogP contribution < -0.4 is 9.64 Å². The average molecular weight is 258 g/mol. The maximum absolute atomic E-state index is 12.0. The van der Waals surface area contributed by atoms with Gasteiger partial charge in [-0.25, -0.2) is 4.90 Å². The number of rotatable bonds is 3. The predicted molar refractivity (Wildman–Crippen MR) is 68.5 cm³/mol. The standard InChI is InChI=1S/C14H14N2O3/c15-9-10-19-12-6-2-1-5-11(12)16-13(17)7-3-4-8-14(16)18/h1-2,5-6H,3-4,7-8,10H2. The molecule has 0 aliphatic carbocycles. The largest absolute Gasteiger partial charge is 0.477 e. The van der Waals surface area contributed by atoms with E-state index in [1.54, 1.807) is 24.3 Å². The van der Waals surface area contributed by atoms with Crippen molar-refractivity contribution in [3.8, 4) is 11.8 Å². The lowest BCUT2D eigenvalue weighted by Gasteiger charge is -2.21. The van der Waals surface area contributed by atoms with E-state index >= 15 is 0 Å². The molecule has 5 heteroatoms. The summed E-state index contributed by atoms with van der Waals surface area (Å²) in [7, 11) is 0. The van der Waals surface area contributed by atoms with Gasteiger partial charge in [-0.1, -0.05) is 12.1 Å². The highest BCUT2D eigenvalue weighted by Gasteiger charge is 2.27. The Kier molecular flexibility index (Phi) is 4.14. The number of benzene rings is 1. The zero-order valence-corrected chi connectivity index (χ0v) is 10.5. The normalized spacial score (nSPS) is 15.8. The Balaban J connectivity index is 2.35. The SMILES string of the molecule is N#CCOc1ccccc1N1C(=O)CCCCC1=O. The number of hydrogen-bond acceptors (Lipinski definition) is 4. The maximum atomic E-state index is 12.0.